The Morgan fingerprint density at radius 2 is 1.05 bits per heavy atom. The Bertz CT molecular complexity index is 3160. The lowest BCUT2D eigenvalue weighted by Crippen LogP contribution is -2.47. The number of alkyl carbamates (subject to hydrolysis) is 1. The summed E-state index contributed by atoms with van der Waals surface area (Å²) in [4.78, 5) is 147. The van der Waals surface area contributed by atoms with Gasteiger partial charge in [0.05, 0.1) is 56.0 Å². The van der Waals surface area contributed by atoms with Crippen molar-refractivity contribution in [3.05, 3.63) is 108 Å². The van der Waals surface area contributed by atoms with Crippen molar-refractivity contribution in [1.82, 2.24) is 25.9 Å². The van der Waals surface area contributed by atoms with Gasteiger partial charge in [0.1, 0.15) is 18.0 Å². The predicted octanol–water partition coefficient (Wildman–Crippen LogP) is 7.32. The SMILES string of the molecule is COC(=O)[C@@H](CC(=O)[C@H](CC(=O)OCc1ccccc1)NC(=O)[C@H](CCSC)CC(=O)[C@H](C)NC(=O)OC(C)(C)C)Cc1c[nH]c2ccccc12.CSCC[C@H](CC(=O)[C@H](C)N)C(=O)N[C@@H](CC(=O)O)C(=O)C[C@@H](Cc1c[nH]c2ccccc12)C(=O)O. The van der Waals surface area contributed by atoms with E-state index >= 15 is 0 Å². The molecule has 8 atom stereocenters. The summed E-state index contributed by atoms with van der Waals surface area (Å²) in [6.45, 7) is 8.09. The number of esters is 2. The summed E-state index contributed by atoms with van der Waals surface area (Å²) >= 11 is 2.96. The molecule has 9 N–H and O–H groups in total. The molecule has 24 heteroatoms. The average molecular weight is 1240 g/mol. The van der Waals surface area contributed by atoms with Crippen LogP contribution < -0.4 is 21.7 Å². The third-order valence-electron chi connectivity index (χ3n) is 14.2. The maximum Gasteiger partial charge on any atom is 0.408 e. The van der Waals surface area contributed by atoms with E-state index in [2.05, 4.69) is 25.9 Å². The Kier molecular flexibility index (Phi) is 29.4. The average Bonchev–Trinajstić information content (AvgIpc) is 3.74. The van der Waals surface area contributed by atoms with Crippen LogP contribution in [0.25, 0.3) is 21.8 Å². The number of aliphatic carboxylic acids is 2. The third-order valence-corrected chi connectivity index (χ3v) is 15.5. The number of methoxy groups -OCH3 is 1. The molecular weight excluding hydrogens is 1160 g/mol. The van der Waals surface area contributed by atoms with Crippen LogP contribution in [0.2, 0.25) is 0 Å². The van der Waals surface area contributed by atoms with Gasteiger partial charge in [0, 0.05) is 71.7 Å². The lowest BCUT2D eigenvalue weighted by molar-refractivity contribution is -0.149. The number of rotatable bonds is 35. The van der Waals surface area contributed by atoms with Crippen molar-refractivity contribution >= 4 is 110 Å². The minimum Gasteiger partial charge on any atom is -0.481 e. The monoisotopic (exact) mass is 1240 g/mol. The van der Waals surface area contributed by atoms with Crippen LogP contribution in [0, 0.1) is 23.7 Å². The zero-order valence-electron chi connectivity index (χ0n) is 50.5. The minimum atomic E-state index is -1.41. The summed E-state index contributed by atoms with van der Waals surface area (Å²) in [7, 11) is 1.24. The molecule has 5 rings (SSSR count). The van der Waals surface area contributed by atoms with E-state index < -0.39 is 132 Å². The number of aromatic amines is 2. The lowest BCUT2D eigenvalue weighted by atomic mass is 9.90. The zero-order valence-corrected chi connectivity index (χ0v) is 52.1. The summed E-state index contributed by atoms with van der Waals surface area (Å²) in [6, 6.07) is 19.5. The number of amides is 3. The second-order valence-corrected chi connectivity index (χ2v) is 24.2. The van der Waals surface area contributed by atoms with E-state index in [0.717, 1.165) is 38.5 Å². The number of hydrogen-bond donors (Lipinski definition) is 8. The fraction of sp³-hybridized carbons (Fsp3) is 0.476. The number of hydrogen-bond acceptors (Lipinski definition) is 17. The Morgan fingerprint density at radius 3 is 1.52 bits per heavy atom. The van der Waals surface area contributed by atoms with Crippen LogP contribution in [0.3, 0.4) is 0 Å². The summed E-state index contributed by atoms with van der Waals surface area (Å²) in [5.74, 6) is -9.62. The minimum absolute atomic E-state index is 0.0345. The number of ether oxygens (including phenoxy) is 3. The molecule has 0 saturated heterocycles. The number of carbonyl (C=O) groups excluding carboxylic acids is 9. The topological polar surface area (TPSA) is 350 Å². The van der Waals surface area contributed by atoms with Crippen molar-refractivity contribution in [2.24, 2.45) is 29.4 Å². The Hall–Kier alpha value is -7.83. The highest BCUT2D eigenvalue weighted by atomic mass is 32.2. The number of carboxylic acid groups (broad SMARTS) is 2. The molecule has 3 aromatic carbocycles. The Labute approximate surface area is 514 Å². The second-order valence-electron chi connectivity index (χ2n) is 22.2. The van der Waals surface area contributed by atoms with Crippen molar-refractivity contribution in [3.63, 3.8) is 0 Å². The van der Waals surface area contributed by atoms with E-state index in [9.17, 15) is 63.0 Å². The standard InChI is InChI=1S/C38H49N3O9S.C25H33N3O7S/c1-24(40-37(47)50-38(2,3)4)32(42)19-26(16-17-51-6)35(45)41-31(21-34(44)49-23-25-12-8-7-9-13-25)33(43)20-27(36(46)48-5)18-28-22-39-30-15-11-10-14-29(28)30;1-14(26)21(29)10-15(7-8-36-2)24(33)28-20(12-23(31)32)22(30)11-16(25(34)35)9-17-13-27-19-6-4-3-5-18(17)19/h7-15,22,24,26-27,31,39H,16-21,23H2,1-6H3,(H,40,47)(H,41,45);3-6,13-16,20,27H,7-12,26H2,1-2H3,(H,28,33)(H,31,32)(H,34,35)/t24-,26+,27+,31-;14-,15+,16+,20-/m00/s1. The molecule has 0 spiro atoms. The number of fused-ring (bicyclic) bond motifs is 2. The van der Waals surface area contributed by atoms with Gasteiger partial charge in [-0.2, -0.15) is 23.5 Å². The molecule has 0 fully saturated rings. The number of thioether (sulfide) groups is 2. The molecule has 0 bridgehead atoms. The highest BCUT2D eigenvalue weighted by Gasteiger charge is 2.35. The van der Waals surface area contributed by atoms with Gasteiger partial charge in [-0.05, 0) is 113 Å². The van der Waals surface area contributed by atoms with Crippen LogP contribution in [0.5, 0.6) is 0 Å². The molecule has 0 aliphatic rings. The number of para-hydroxylation sites is 2. The number of carboxylic acids is 2. The fourth-order valence-electron chi connectivity index (χ4n) is 9.35. The molecule has 2 heterocycles. The van der Waals surface area contributed by atoms with Crippen LogP contribution in [0.15, 0.2) is 91.3 Å². The quantitative estimate of drug-likeness (QED) is 0.0145. The summed E-state index contributed by atoms with van der Waals surface area (Å²) < 4.78 is 15.7. The smallest absolute Gasteiger partial charge is 0.408 e. The number of Topliss-reactive ketones (excluding diaryl/α,β-unsaturated/α-hetero) is 4. The maximum absolute atomic E-state index is 13.9. The van der Waals surface area contributed by atoms with E-state index in [4.69, 9.17) is 19.9 Å². The number of nitrogens with two attached hydrogens (primary N) is 1. The van der Waals surface area contributed by atoms with Crippen LogP contribution >= 0.6 is 23.5 Å². The predicted molar refractivity (Wildman–Crippen MR) is 332 cm³/mol. The van der Waals surface area contributed by atoms with Crippen molar-refractivity contribution in [2.45, 2.75) is 135 Å². The first kappa shape index (κ1) is 71.6. The van der Waals surface area contributed by atoms with Crippen LogP contribution in [0.1, 0.15) is 103 Å². The molecule has 0 radical (unpaired) electrons. The first-order valence-electron chi connectivity index (χ1n) is 28.5. The van der Waals surface area contributed by atoms with Crippen molar-refractivity contribution in [2.75, 3.05) is 31.1 Å². The lowest BCUT2D eigenvalue weighted by Gasteiger charge is -2.24. The zero-order chi connectivity index (χ0) is 64.4. The van der Waals surface area contributed by atoms with Gasteiger partial charge in [-0.1, -0.05) is 66.7 Å². The highest BCUT2D eigenvalue weighted by molar-refractivity contribution is 7.98. The van der Waals surface area contributed by atoms with E-state index in [1.165, 1.54) is 44.5 Å². The van der Waals surface area contributed by atoms with Gasteiger partial charge in [0.25, 0.3) is 0 Å². The summed E-state index contributed by atoms with van der Waals surface area (Å²) in [6.07, 6.45) is 4.95. The molecule has 22 nitrogen and oxygen atoms in total. The Balaban J connectivity index is 0.000000396. The summed E-state index contributed by atoms with van der Waals surface area (Å²) in [5.41, 5.74) is 8.83. The molecule has 0 aliphatic heterocycles. The van der Waals surface area contributed by atoms with Crippen molar-refractivity contribution in [3.8, 4) is 0 Å². The second kappa shape index (κ2) is 35.7. The van der Waals surface area contributed by atoms with Gasteiger partial charge in [-0.25, -0.2) is 4.79 Å². The molecule has 0 unspecified atom stereocenters. The third kappa shape index (κ3) is 24.5. The number of ketones is 4. The highest BCUT2D eigenvalue weighted by Crippen LogP contribution is 2.26. The van der Waals surface area contributed by atoms with Gasteiger partial charge in [-0.3, -0.25) is 47.9 Å². The normalized spacial score (nSPS) is 14.0. The number of H-pyrrole nitrogens is 2. The van der Waals surface area contributed by atoms with Gasteiger partial charge < -0.3 is 56.1 Å². The first-order valence-corrected chi connectivity index (χ1v) is 31.3. The molecular formula is C63H82N6O16S2. The fourth-order valence-corrected chi connectivity index (χ4v) is 10.4. The molecule has 0 aliphatic carbocycles. The summed E-state index contributed by atoms with van der Waals surface area (Å²) in [5, 5.41) is 28.5. The number of carbonyl (C=O) groups is 11. The van der Waals surface area contributed by atoms with Crippen molar-refractivity contribution in [1.29, 1.82) is 0 Å². The van der Waals surface area contributed by atoms with E-state index in [1.807, 2.05) is 67.1 Å². The molecule has 2 aromatic heterocycles. The molecule has 0 saturated carbocycles. The molecule has 5 aromatic rings. The number of aromatic nitrogens is 2. The van der Waals surface area contributed by atoms with Gasteiger partial charge >= 0.3 is 30.0 Å². The molecule has 472 valence electrons. The Morgan fingerprint density at radius 1 is 0.586 bits per heavy atom. The number of benzene rings is 3. The van der Waals surface area contributed by atoms with Crippen LogP contribution in [-0.4, -0.2) is 146 Å². The van der Waals surface area contributed by atoms with E-state index in [0.29, 0.717) is 24.3 Å². The molecule has 3 amide bonds. The maximum atomic E-state index is 13.9. The van der Waals surface area contributed by atoms with E-state index in [-0.39, 0.29) is 44.5 Å². The van der Waals surface area contributed by atoms with Crippen LogP contribution in [0.4, 0.5) is 4.79 Å². The molecule has 87 heavy (non-hydrogen) atoms. The largest absolute Gasteiger partial charge is 0.481 e. The first-order chi connectivity index (χ1) is 41.2. The van der Waals surface area contributed by atoms with Gasteiger partial charge in [0.15, 0.2) is 17.3 Å². The van der Waals surface area contributed by atoms with E-state index in [1.54, 1.807) is 57.4 Å². The van der Waals surface area contributed by atoms with Gasteiger partial charge in [0.2, 0.25) is 11.8 Å². The van der Waals surface area contributed by atoms with Gasteiger partial charge in [-0.15, -0.1) is 0 Å². The van der Waals surface area contributed by atoms with Crippen LogP contribution in [-0.2, 0) is 81.6 Å². The number of nitrogens with one attached hydrogen (secondary N) is 5. The van der Waals surface area contributed by atoms with Crippen molar-refractivity contribution < 1.29 is 77.2 Å².